The molecule has 0 spiro atoms. The second-order valence-electron chi connectivity index (χ2n) is 2.87. The number of phenolic OH excluding ortho intramolecular Hbond substituents is 1. The number of rotatable bonds is 2. The summed E-state index contributed by atoms with van der Waals surface area (Å²) in [5.41, 5.74) is 4.40. The molecule has 0 aliphatic rings. The second-order valence-corrected chi connectivity index (χ2v) is 2.87. The minimum absolute atomic E-state index is 0. The van der Waals surface area contributed by atoms with Gasteiger partial charge in [-0.15, -0.1) is 12.4 Å². The average Bonchev–Trinajstić information content (AvgIpc) is 2.20. The molecule has 0 fully saturated rings. The van der Waals surface area contributed by atoms with E-state index < -0.39 is 29.6 Å². The highest BCUT2D eigenvalue weighted by Crippen LogP contribution is 2.30. The summed E-state index contributed by atoms with van der Waals surface area (Å²) in [6.07, 6.45) is -2.94. The number of nitriles is 1. The molecule has 1 rings (SSSR count). The van der Waals surface area contributed by atoms with E-state index in [1.165, 1.54) is 0 Å². The number of hydrogen-bond donors (Lipinski definition) is 2. The van der Waals surface area contributed by atoms with Gasteiger partial charge in [0.1, 0.15) is 0 Å². The number of aromatic hydroxyl groups is 1. The number of halogens is 4. The Hall–Kier alpha value is -1.45. The molecular formula is C9H8ClF3N2O. The van der Waals surface area contributed by atoms with Crippen LogP contribution in [0.2, 0.25) is 0 Å². The van der Waals surface area contributed by atoms with Crippen molar-refractivity contribution in [2.45, 2.75) is 12.5 Å². The van der Waals surface area contributed by atoms with Gasteiger partial charge in [-0.05, 0) is 12.1 Å². The Morgan fingerprint density at radius 3 is 2.38 bits per heavy atom. The summed E-state index contributed by atoms with van der Waals surface area (Å²) < 4.78 is 37.4. The Bertz CT molecular complexity index is 420. The van der Waals surface area contributed by atoms with E-state index in [4.69, 9.17) is 16.1 Å². The summed E-state index contributed by atoms with van der Waals surface area (Å²) in [4.78, 5) is 0. The molecule has 88 valence electrons. The van der Waals surface area contributed by atoms with Crippen molar-refractivity contribution < 1.29 is 18.3 Å². The Balaban J connectivity index is 0.00000225. The first-order valence-corrected chi connectivity index (χ1v) is 3.93. The van der Waals surface area contributed by atoms with Crippen LogP contribution in [0.5, 0.6) is 5.75 Å². The van der Waals surface area contributed by atoms with Crippen LogP contribution >= 0.6 is 12.4 Å². The standard InChI is InChI=1S/C9H7F3N2O.ClH/c10-6-2-4(3-13)1-5(8(6)15)7(14)9(11)12;/h1-2,7,9,15H,14H2;1H/t7-;/m1./s1. The van der Waals surface area contributed by atoms with Gasteiger partial charge in [0.25, 0.3) is 6.43 Å². The average molecular weight is 253 g/mol. The highest BCUT2D eigenvalue weighted by atomic mass is 35.5. The van der Waals surface area contributed by atoms with Crippen LogP contribution in [-0.4, -0.2) is 11.5 Å². The fraction of sp³-hybridized carbons (Fsp3) is 0.222. The fourth-order valence-electron chi connectivity index (χ4n) is 1.07. The van der Waals surface area contributed by atoms with Gasteiger partial charge in [0.05, 0.1) is 17.7 Å². The van der Waals surface area contributed by atoms with Crippen LogP contribution in [0.4, 0.5) is 13.2 Å². The molecule has 0 amide bonds. The zero-order chi connectivity index (χ0) is 11.6. The van der Waals surface area contributed by atoms with Gasteiger partial charge < -0.3 is 10.8 Å². The lowest BCUT2D eigenvalue weighted by Crippen LogP contribution is -2.19. The molecule has 0 unspecified atom stereocenters. The number of benzene rings is 1. The van der Waals surface area contributed by atoms with Crippen LogP contribution in [0.25, 0.3) is 0 Å². The van der Waals surface area contributed by atoms with Gasteiger partial charge >= 0.3 is 0 Å². The summed E-state index contributed by atoms with van der Waals surface area (Å²) in [5, 5.41) is 17.6. The van der Waals surface area contributed by atoms with Crippen molar-refractivity contribution in [3.8, 4) is 11.8 Å². The van der Waals surface area contributed by atoms with Gasteiger partial charge in [0, 0.05) is 5.56 Å². The largest absolute Gasteiger partial charge is 0.505 e. The fourth-order valence-corrected chi connectivity index (χ4v) is 1.07. The molecule has 0 radical (unpaired) electrons. The van der Waals surface area contributed by atoms with E-state index in [0.29, 0.717) is 0 Å². The van der Waals surface area contributed by atoms with Crippen LogP contribution in [0.15, 0.2) is 12.1 Å². The third-order valence-electron chi connectivity index (χ3n) is 1.85. The number of nitrogens with zero attached hydrogens (tertiary/aromatic N) is 1. The zero-order valence-corrected chi connectivity index (χ0v) is 8.64. The van der Waals surface area contributed by atoms with Crippen molar-refractivity contribution in [3.63, 3.8) is 0 Å². The maximum absolute atomic E-state index is 12.9. The molecule has 1 aromatic rings. The Morgan fingerprint density at radius 1 is 1.38 bits per heavy atom. The van der Waals surface area contributed by atoms with E-state index in [-0.39, 0.29) is 18.0 Å². The molecule has 3 nitrogen and oxygen atoms in total. The third kappa shape index (κ3) is 2.78. The van der Waals surface area contributed by atoms with E-state index in [0.717, 1.165) is 12.1 Å². The van der Waals surface area contributed by atoms with E-state index in [9.17, 15) is 13.2 Å². The first-order valence-electron chi connectivity index (χ1n) is 3.93. The number of nitrogens with two attached hydrogens (primary N) is 1. The van der Waals surface area contributed by atoms with Crippen molar-refractivity contribution in [2.75, 3.05) is 0 Å². The summed E-state index contributed by atoms with van der Waals surface area (Å²) in [5.74, 6) is -2.08. The van der Waals surface area contributed by atoms with Crippen LogP contribution in [0, 0.1) is 17.1 Å². The number of hydrogen-bond acceptors (Lipinski definition) is 3. The van der Waals surface area contributed by atoms with Crippen molar-refractivity contribution in [1.29, 1.82) is 5.26 Å². The van der Waals surface area contributed by atoms with Gasteiger partial charge in [0.2, 0.25) is 0 Å². The van der Waals surface area contributed by atoms with E-state index in [1.54, 1.807) is 6.07 Å². The summed E-state index contributed by atoms with van der Waals surface area (Å²) >= 11 is 0. The van der Waals surface area contributed by atoms with E-state index in [2.05, 4.69) is 0 Å². The molecule has 0 heterocycles. The molecule has 1 atom stereocenters. The van der Waals surface area contributed by atoms with Crippen molar-refractivity contribution in [2.24, 2.45) is 5.73 Å². The Morgan fingerprint density at radius 2 is 1.94 bits per heavy atom. The smallest absolute Gasteiger partial charge is 0.257 e. The van der Waals surface area contributed by atoms with Gasteiger partial charge in [-0.2, -0.15) is 5.26 Å². The van der Waals surface area contributed by atoms with Crippen molar-refractivity contribution in [1.82, 2.24) is 0 Å². The van der Waals surface area contributed by atoms with E-state index in [1.807, 2.05) is 0 Å². The molecule has 3 N–H and O–H groups in total. The Labute approximate surface area is 95.7 Å². The lowest BCUT2D eigenvalue weighted by molar-refractivity contribution is 0.115. The predicted octanol–water partition coefficient (Wildman–Crippen LogP) is 2.09. The molecule has 0 aliphatic heterocycles. The number of phenols is 1. The zero-order valence-electron chi connectivity index (χ0n) is 7.82. The lowest BCUT2D eigenvalue weighted by atomic mass is 10.0. The predicted molar refractivity (Wildman–Crippen MR) is 53.0 cm³/mol. The molecule has 0 aliphatic carbocycles. The summed E-state index contributed by atoms with van der Waals surface area (Å²) in [7, 11) is 0. The van der Waals surface area contributed by atoms with Gasteiger partial charge in [-0.3, -0.25) is 0 Å². The van der Waals surface area contributed by atoms with Crippen molar-refractivity contribution >= 4 is 12.4 Å². The summed E-state index contributed by atoms with van der Waals surface area (Å²) in [6, 6.07) is 1.45. The Kier molecular flexibility index (Phi) is 5.08. The minimum Gasteiger partial charge on any atom is -0.505 e. The summed E-state index contributed by atoms with van der Waals surface area (Å²) in [6.45, 7) is 0. The number of alkyl halides is 2. The SMILES string of the molecule is Cl.N#Cc1cc(F)c(O)c([C@@H](N)C(F)F)c1. The second kappa shape index (κ2) is 5.58. The monoisotopic (exact) mass is 252 g/mol. The minimum atomic E-state index is -2.94. The molecular weight excluding hydrogens is 245 g/mol. The van der Waals surface area contributed by atoms with E-state index >= 15 is 0 Å². The van der Waals surface area contributed by atoms with Crippen LogP contribution in [0.3, 0.4) is 0 Å². The first-order chi connectivity index (χ1) is 6.97. The maximum atomic E-state index is 12.9. The molecule has 0 saturated heterocycles. The van der Waals surface area contributed by atoms with Gasteiger partial charge in [0.15, 0.2) is 11.6 Å². The molecule has 1 aromatic carbocycles. The molecule has 7 heteroatoms. The first kappa shape index (κ1) is 14.6. The normalized spacial score (nSPS) is 11.8. The lowest BCUT2D eigenvalue weighted by Gasteiger charge is -2.13. The van der Waals surface area contributed by atoms with Gasteiger partial charge in [-0.25, -0.2) is 13.2 Å². The molecule has 0 bridgehead atoms. The van der Waals surface area contributed by atoms with Crippen LogP contribution in [0.1, 0.15) is 17.2 Å². The molecule has 0 aromatic heterocycles. The topological polar surface area (TPSA) is 70.0 Å². The highest BCUT2D eigenvalue weighted by Gasteiger charge is 2.23. The highest BCUT2D eigenvalue weighted by molar-refractivity contribution is 5.85. The quantitative estimate of drug-likeness (QED) is 0.847. The van der Waals surface area contributed by atoms with Gasteiger partial charge in [-0.1, -0.05) is 0 Å². The van der Waals surface area contributed by atoms with Crippen LogP contribution in [-0.2, 0) is 0 Å². The van der Waals surface area contributed by atoms with Crippen molar-refractivity contribution in [3.05, 3.63) is 29.1 Å². The maximum Gasteiger partial charge on any atom is 0.257 e. The van der Waals surface area contributed by atoms with Crippen LogP contribution < -0.4 is 5.73 Å². The molecule has 0 saturated carbocycles. The molecule has 16 heavy (non-hydrogen) atoms. The third-order valence-corrected chi connectivity index (χ3v) is 1.85.